The van der Waals surface area contributed by atoms with E-state index in [1.54, 1.807) is 56.0 Å². The molecule has 0 aliphatic rings. The van der Waals surface area contributed by atoms with Gasteiger partial charge in [0.15, 0.2) is 0 Å². The third kappa shape index (κ3) is 3.52. The van der Waals surface area contributed by atoms with Gasteiger partial charge in [0.2, 0.25) is 5.91 Å². The first kappa shape index (κ1) is 15.5. The normalized spacial score (nSPS) is 10.4. The summed E-state index contributed by atoms with van der Waals surface area (Å²) >= 11 is 0. The highest BCUT2D eigenvalue weighted by Crippen LogP contribution is 2.13. The second-order valence-electron chi connectivity index (χ2n) is 5.18. The second-order valence-corrected chi connectivity index (χ2v) is 5.18. The smallest absolute Gasteiger partial charge is 0.255 e. The van der Waals surface area contributed by atoms with Gasteiger partial charge in [-0.15, -0.1) is 0 Å². The molecule has 0 unspecified atom stereocenters. The molecule has 0 aliphatic heterocycles. The van der Waals surface area contributed by atoms with Crippen LogP contribution in [0.1, 0.15) is 11.3 Å². The number of hydrogen-bond acceptors (Lipinski definition) is 5. The summed E-state index contributed by atoms with van der Waals surface area (Å²) in [6.07, 6.45) is 6.35. The summed E-state index contributed by atoms with van der Waals surface area (Å²) in [5.41, 5.74) is 1.88. The number of aromatic nitrogens is 4. The van der Waals surface area contributed by atoms with E-state index >= 15 is 0 Å². The molecule has 1 amide bonds. The summed E-state index contributed by atoms with van der Waals surface area (Å²) in [6, 6.07) is 6.96. The van der Waals surface area contributed by atoms with Crippen LogP contribution >= 0.6 is 0 Å². The number of nitrogens with one attached hydrogen (secondary N) is 2. The maximum absolute atomic E-state index is 12.3. The lowest BCUT2D eigenvalue weighted by molar-refractivity contribution is -0.115. The summed E-state index contributed by atoms with van der Waals surface area (Å²) in [7, 11) is 0. The number of pyridine rings is 2. The van der Waals surface area contributed by atoms with E-state index < -0.39 is 0 Å². The van der Waals surface area contributed by atoms with E-state index in [4.69, 9.17) is 0 Å². The van der Waals surface area contributed by atoms with E-state index in [0.29, 0.717) is 22.8 Å². The Hall–Kier alpha value is -3.35. The van der Waals surface area contributed by atoms with E-state index in [9.17, 15) is 9.59 Å². The zero-order chi connectivity index (χ0) is 16.9. The molecule has 0 spiro atoms. The molecule has 0 aromatic carbocycles. The van der Waals surface area contributed by atoms with Gasteiger partial charge in [0.05, 0.1) is 18.3 Å². The molecular weight excluding hydrogens is 306 g/mol. The molecule has 120 valence electrons. The number of anilines is 1. The van der Waals surface area contributed by atoms with Crippen LogP contribution in [0, 0.1) is 6.92 Å². The van der Waals surface area contributed by atoms with Crippen LogP contribution in [0.2, 0.25) is 0 Å². The highest BCUT2D eigenvalue weighted by molar-refractivity contribution is 5.92. The monoisotopic (exact) mass is 321 g/mol. The zero-order valence-electron chi connectivity index (χ0n) is 13.0. The molecule has 7 nitrogen and oxygen atoms in total. The highest BCUT2D eigenvalue weighted by Gasteiger charge is 2.13. The van der Waals surface area contributed by atoms with Gasteiger partial charge in [-0.3, -0.25) is 19.6 Å². The number of aryl methyl sites for hydroxylation is 1. The molecule has 0 bridgehead atoms. The third-order valence-corrected chi connectivity index (χ3v) is 3.46. The minimum absolute atomic E-state index is 0.0559. The predicted molar refractivity (Wildman–Crippen MR) is 89.4 cm³/mol. The van der Waals surface area contributed by atoms with Crippen LogP contribution in [0.5, 0.6) is 0 Å². The van der Waals surface area contributed by atoms with Gasteiger partial charge < -0.3 is 10.3 Å². The standard InChI is InChI=1S/C17H15N5O2/c1-11-14(9-15(23)21-13-3-2-6-19-10-13)17(24)22-16(20-11)12-4-7-18-8-5-12/h2-8,10H,9H2,1H3,(H,21,23)(H,20,22,24). The van der Waals surface area contributed by atoms with Crippen LogP contribution in [-0.4, -0.2) is 25.8 Å². The zero-order valence-corrected chi connectivity index (χ0v) is 13.0. The molecule has 0 radical (unpaired) electrons. The van der Waals surface area contributed by atoms with Crippen molar-refractivity contribution >= 4 is 11.6 Å². The maximum Gasteiger partial charge on any atom is 0.255 e. The molecule has 0 saturated heterocycles. The van der Waals surface area contributed by atoms with Crippen LogP contribution in [-0.2, 0) is 11.2 Å². The molecule has 3 aromatic rings. The molecule has 0 fully saturated rings. The van der Waals surface area contributed by atoms with Gasteiger partial charge >= 0.3 is 0 Å². The number of hydrogen-bond donors (Lipinski definition) is 2. The Morgan fingerprint density at radius 3 is 2.62 bits per heavy atom. The van der Waals surface area contributed by atoms with Crippen LogP contribution < -0.4 is 10.9 Å². The lowest BCUT2D eigenvalue weighted by Gasteiger charge is -2.08. The van der Waals surface area contributed by atoms with Crippen molar-refractivity contribution < 1.29 is 4.79 Å². The highest BCUT2D eigenvalue weighted by atomic mass is 16.2. The molecule has 7 heteroatoms. The van der Waals surface area contributed by atoms with Crippen molar-refractivity contribution in [3.63, 3.8) is 0 Å². The van der Waals surface area contributed by atoms with E-state index in [1.807, 2.05) is 0 Å². The number of carbonyl (C=O) groups excluding carboxylic acids is 1. The van der Waals surface area contributed by atoms with Gasteiger partial charge in [-0.2, -0.15) is 0 Å². The van der Waals surface area contributed by atoms with Crippen LogP contribution in [0.15, 0.2) is 53.8 Å². The van der Waals surface area contributed by atoms with Crippen molar-refractivity contribution in [1.82, 2.24) is 19.9 Å². The number of amides is 1. The molecule has 3 heterocycles. The summed E-state index contributed by atoms with van der Waals surface area (Å²) in [4.78, 5) is 39.4. The Morgan fingerprint density at radius 2 is 1.96 bits per heavy atom. The fraction of sp³-hybridized carbons (Fsp3) is 0.118. The quantitative estimate of drug-likeness (QED) is 0.762. The van der Waals surface area contributed by atoms with Crippen LogP contribution in [0.25, 0.3) is 11.4 Å². The van der Waals surface area contributed by atoms with E-state index in [-0.39, 0.29) is 17.9 Å². The molecule has 2 N–H and O–H groups in total. The van der Waals surface area contributed by atoms with Crippen molar-refractivity contribution in [1.29, 1.82) is 0 Å². The van der Waals surface area contributed by atoms with Crippen LogP contribution in [0.3, 0.4) is 0 Å². The van der Waals surface area contributed by atoms with Gasteiger partial charge in [0, 0.05) is 35.4 Å². The summed E-state index contributed by atoms with van der Waals surface area (Å²) < 4.78 is 0. The molecule has 0 aliphatic carbocycles. The lowest BCUT2D eigenvalue weighted by Crippen LogP contribution is -2.23. The van der Waals surface area contributed by atoms with Gasteiger partial charge in [-0.1, -0.05) is 0 Å². The average Bonchev–Trinajstić information content (AvgIpc) is 2.59. The summed E-state index contributed by atoms with van der Waals surface area (Å²) in [5.74, 6) is 0.159. The van der Waals surface area contributed by atoms with Crippen molar-refractivity contribution in [3.8, 4) is 11.4 Å². The van der Waals surface area contributed by atoms with E-state index in [0.717, 1.165) is 5.56 Å². The number of H-pyrrole nitrogens is 1. The topological polar surface area (TPSA) is 101 Å². The van der Waals surface area contributed by atoms with Gasteiger partial charge in [-0.05, 0) is 31.2 Å². The first-order valence-corrected chi connectivity index (χ1v) is 7.33. The Balaban J connectivity index is 1.82. The van der Waals surface area contributed by atoms with Crippen LogP contribution in [0.4, 0.5) is 5.69 Å². The number of aromatic amines is 1. The molecule has 24 heavy (non-hydrogen) atoms. The second kappa shape index (κ2) is 6.82. The molecular formula is C17H15N5O2. The van der Waals surface area contributed by atoms with Gasteiger partial charge in [0.1, 0.15) is 5.82 Å². The number of rotatable bonds is 4. The Kier molecular flexibility index (Phi) is 4.42. The van der Waals surface area contributed by atoms with Crippen molar-refractivity contribution in [3.05, 3.63) is 70.7 Å². The van der Waals surface area contributed by atoms with Crippen molar-refractivity contribution in [2.75, 3.05) is 5.32 Å². The lowest BCUT2D eigenvalue weighted by atomic mass is 10.1. The molecule has 3 rings (SSSR count). The maximum atomic E-state index is 12.3. The Bertz CT molecular complexity index is 907. The van der Waals surface area contributed by atoms with Crippen molar-refractivity contribution in [2.24, 2.45) is 0 Å². The first-order chi connectivity index (χ1) is 11.6. The summed E-state index contributed by atoms with van der Waals surface area (Å²) in [5, 5.41) is 2.70. The molecule has 3 aromatic heterocycles. The largest absolute Gasteiger partial charge is 0.324 e. The van der Waals surface area contributed by atoms with Crippen molar-refractivity contribution in [2.45, 2.75) is 13.3 Å². The Morgan fingerprint density at radius 1 is 1.17 bits per heavy atom. The average molecular weight is 321 g/mol. The first-order valence-electron chi connectivity index (χ1n) is 7.33. The minimum atomic E-state index is -0.323. The third-order valence-electron chi connectivity index (χ3n) is 3.46. The summed E-state index contributed by atoms with van der Waals surface area (Å²) in [6.45, 7) is 1.71. The molecule has 0 atom stereocenters. The minimum Gasteiger partial charge on any atom is -0.324 e. The fourth-order valence-electron chi connectivity index (χ4n) is 2.27. The molecule has 0 saturated carbocycles. The van der Waals surface area contributed by atoms with E-state index in [2.05, 4.69) is 25.3 Å². The predicted octanol–water partition coefficient (Wildman–Crippen LogP) is 1.72. The van der Waals surface area contributed by atoms with E-state index in [1.165, 1.54) is 0 Å². The van der Waals surface area contributed by atoms with Gasteiger partial charge in [0.25, 0.3) is 5.56 Å². The Labute approximate surface area is 137 Å². The van der Waals surface area contributed by atoms with Gasteiger partial charge in [-0.25, -0.2) is 4.98 Å². The number of nitrogens with zero attached hydrogens (tertiary/aromatic N) is 3. The fourth-order valence-corrected chi connectivity index (χ4v) is 2.27. The number of carbonyl (C=O) groups is 1. The SMILES string of the molecule is Cc1nc(-c2ccncc2)[nH]c(=O)c1CC(=O)Nc1cccnc1.